The highest BCUT2D eigenvalue weighted by atomic mass is 19.1. The third-order valence-corrected chi connectivity index (χ3v) is 5.11. The third-order valence-electron chi connectivity index (χ3n) is 5.11. The number of para-hydroxylation sites is 1. The van der Waals surface area contributed by atoms with Crippen molar-refractivity contribution in [3.63, 3.8) is 0 Å². The summed E-state index contributed by atoms with van der Waals surface area (Å²) >= 11 is 0. The van der Waals surface area contributed by atoms with E-state index in [2.05, 4.69) is 9.97 Å². The summed E-state index contributed by atoms with van der Waals surface area (Å²) in [6.07, 6.45) is 0. The van der Waals surface area contributed by atoms with E-state index in [1.54, 1.807) is 41.3 Å². The van der Waals surface area contributed by atoms with E-state index >= 15 is 0 Å². The molecule has 0 saturated heterocycles. The van der Waals surface area contributed by atoms with Gasteiger partial charge in [0.05, 0.1) is 11.0 Å². The molecule has 1 aliphatic rings. The van der Waals surface area contributed by atoms with Gasteiger partial charge in [0.15, 0.2) is 0 Å². The number of benzene rings is 3. The van der Waals surface area contributed by atoms with E-state index in [1.807, 2.05) is 18.2 Å². The van der Waals surface area contributed by atoms with Crippen molar-refractivity contribution in [2.24, 2.45) is 0 Å². The second-order valence-electron chi connectivity index (χ2n) is 6.84. The zero-order valence-corrected chi connectivity index (χ0v) is 14.8. The zero-order valence-electron chi connectivity index (χ0n) is 14.8. The fourth-order valence-corrected chi connectivity index (χ4v) is 3.80. The molecule has 5 nitrogen and oxygen atoms in total. The predicted molar refractivity (Wildman–Crippen MR) is 102 cm³/mol. The minimum atomic E-state index is -0.628. The number of imidazole rings is 1. The number of aromatic hydroxyl groups is 1. The van der Waals surface area contributed by atoms with Gasteiger partial charge in [-0.3, -0.25) is 4.79 Å². The molecule has 6 heteroatoms. The molecule has 2 N–H and O–H groups in total. The number of phenolic OH excluding ortho intramolecular Hbond substituents is 1. The first-order valence-electron chi connectivity index (χ1n) is 8.94. The van der Waals surface area contributed by atoms with Crippen LogP contribution in [0.1, 0.15) is 33.4 Å². The second kappa shape index (κ2) is 6.20. The van der Waals surface area contributed by atoms with Crippen LogP contribution in [0.5, 0.6) is 5.75 Å². The highest BCUT2D eigenvalue weighted by Crippen LogP contribution is 2.38. The first-order valence-corrected chi connectivity index (χ1v) is 8.94. The normalized spacial score (nSPS) is 14.5. The average Bonchev–Trinajstić information content (AvgIpc) is 3.25. The molecule has 1 atom stereocenters. The van der Waals surface area contributed by atoms with Gasteiger partial charge < -0.3 is 15.0 Å². The van der Waals surface area contributed by atoms with Crippen LogP contribution in [0, 0.1) is 5.82 Å². The molecular weight excluding hydrogens is 357 g/mol. The van der Waals surface area contributed by atoms with E-state index in [4.69, 9.17) is 0 Å². The molecule has 0 aliphatic carbocycles. The molecule has 0 spiro atoms. The van der Waals surface area contributed by atoms with Gasteiger partial charge in [-0.05, 0) is 35.9 Å². The van der Waals surface area contributed by atoms with Crippen LogP contribution >= 0.6 is 0 Å². The standard InChI is InChI=1S/C22H16FN3O2/c23-14-9-10-17-18(11-14)25-21(24-17)20(16-7-3-4-8-19(16)27)26-12-13-5-1-2-6-15(13)22(26)28/h1-11,20,27H,12H2,(H,24,25). The number of aromatic nitrogens is 2. The number of halogens is 1. The summed E-state index contributed by atoms with van der Waals surface area (Å²) in [5.41, 5.74) is 3.27. The highest BCUT2D eigenvalue weighted by Gasteiger charge is 2.36. The van der Waals surface area contributed by atoms with E-state index in [9.17, 15) is 14.3 Å². The lowest BCUT2D eigenvalue weighted by molar-refractivity contribution is 0.0724. The summed E-state index contributed by atoms with van der Waals surface area (Å²) < 4.78 is 13.6. The number of fused-ring (bicyclic) bond motifs is 2. The van der Waals surface area contributed by atoms with Crippen molar-refractivity contribution >= 4 is 16.9 Å². The van der Waals surface area contributed by atoms with Crippen LogP contribution in [0.2, 0.25) is 0 Å². The minimum Gasteiger partial charge on any atom is -0.508 e. The smallest absolute Gasteiger partial charge is 0.255 e. The first kappa shape index (κ1) is 16.5. The Bertz CT molecular complexity index is 1220. The Morgan fingerprint density at radius 1 is 1.07 bits per heavy atom. The monoisotopic (exact) mass is 373 g/mol. The maximum absolute atomic E-state index is 13.6. The lowest BCUT2D eigenvalue weighted by Crippen LogP contribution is -2.30. The number of H-pyrrole nitrogens is 1. The average molecular weight is 373 g/mol. The number of amides is 1. The van der Waals surface area contributed by atoms with E-state index in [0.717, 1.165) is 5.56 Å². The summed E-state index contributed by atoms with van der Waals surface area (Å²) in [5, 5.41) is 10.5. The number of phenols is 1. The number of hydrogen-bond acceptors (Lipinski definition) is 3. The Kier molecular flexibility index (Phi) is 3.65. The molecule has 5 rings (SSSR count). The molecule has 0 saturated carbocycles. The third kappa shape index (κ3) is 2.53. The molecule has 1 unspecified atom stereocenters. The maximum atomic E-state index is 13.6. The van der Waals surface area contributed by atoms with Gasteiger partial charge in [0.25, 0.3) is 5.91 Å². The van der Waals surface area contributed by atoms with E-state index in [1.165, 1.54) is 12.1 Å². The van der Waals surface area contributed by atoms with E-state index in [-0.39, 0.29) is 17.5 Å². The summed E-state index contributed by atoms with van der Waals surface area (Å²) in [5.74, 6) is 0.0492. The van der Waals surface area contributed by atoms with Gasteiger partial charge >= 0.3 is 0 Å². The number of carbonyl (C=O) groups is 1. The van der Waals surface area contributed by atoms with Crippen molar-refractivity contribution < 1.29 is 14.3 Å². The molecule has 0 radical (unpaired) electrons. The van der Waals surface area contributed by atoms with Gasteiger partial charge in [-0.25, -0.2) is 9.37 Å². The molecule has 1 amide bonds. The van der Waals surface area contributed by atoms with Crippen LogP contribution in [0.3, 0.4) is 0 Å². The van der Waals surface area contributed by atoms with Crippen molar-refractivity contribution in [2.75, 3.05) is 0 Å². The van der Waals surface area contributed by atoms with Gasteiger partial charge in [-0.15, -0.1) is 0 Å². The summed E-state index contributed by atoms with van der Waals surface area (Å²) in [6.45, 7) is 0.402. The Labute approximate surface area is 160 Å². The van der Waals surface area contributed by atoms with E-state index < -0.39 is 6.04 Å². The largest absolute Gasteiger partial charge is 0.508 e. The number of hydrogen-bond donors (Lipinski definition) is 2. The number of nitrogens with one attached hydrogen (secondary N) is 1. The SMILES string of the molecule is O=C1c2ccccc2CN1C(c1nc2ccc(F)cc2[nH]1)c1ccccc1O. The molecule has 2 heterocycles. The van der Waals surface area contributed by atoms with Gasteiger partial charge in [0, 0.05) is 17.7 Å². The maximum Gasteiger partial charge on any atom is 0.255 e. The first-order chi connectivity index (χ1) is 13.6. The number of aromatic amines is 1. The quantitative estimate of drug-likeness (QED) is 0.567. The Morgan fingerprint density at radius 2 is 1.86 bits per heavy atom. The molecule has 4 aromatic rings. The Morgan fingerprint density at radius 3 is 2.68 bits per heavy atom. The Balaban J connectivity index is 1.68. The lowest BCUT2D eigenvalue weighted by atomic mass is 10.0. The molecule has 1 aromatic heterocycles. The molecule has 138 valence electrons. The van der Waals surface area contributed by atoms with E-state index in [0.29, 0.717) is 34.5 Å². The summed E-state index contributed by atoms with van der Waals surface area (Å²) in [4.78, 5) is 22.5. The van der Waals surface area contributed by atoms with Gasteiger partial charge in [-0.1, -0.05) is 36.4 Å². The highest BCUT2D eigenvalue weighted by molar-refractivity contribution is 5.98. The van der Waals surface area contributed by atoms with Crippen molar-refractivity contribution in [3.05, 3.63) is 95.1 Å². The second-order valence-corrected chi connectivity index (χ2v) is 6.84. The molecule has 0 fully saturated rings. The summed E-state index contributed by atoms with van der Waals surface area (Å²) in [6, 6.07) is 18.0. The number of nitrogens with zero attached hydrogens (tertiary/aromatic N) is 2. The summed E-state index contributed by atoms with van der Waals surface area (Å²) in [7, 11) is 0. The van der Waals surface area contributed by atoms with Crippen molar-refractivity contribution in [1.29, 1.82) is 0 Å². The topological polar surface area (TPSA) is 69.2 Å². The van der Waals surface area contributed by atoms with Gasteiger partial charge in [0.1, 0.15) is 23.4 Å². The Hall–Kier alpha value is -3.67. The van der Waals surface area contributed by atoms with Crippen LogP contribution in [0.15, 0.2) is 66.7 Å². The van der Waals surface area contributed by atoms with Crippen LogP contribution in [0.4, 0.5) is 4.39 Å². The number of carbonyl (C=O) groups excluding carboxylic acids is 1. The minimum absolute atomic E-state index is 0.0721. The zero-order chi connectivity index (χ0) is 19.3. The lowest BCUT2D eigenvalue weighted by Gasteiger charge is -2.27. The van der Waals surface area contributed by atoms with Crippen LogP contribution in [0.25, 0.3) is 11.0 Å². The van der Waals surface area contributed by atoms with Crippen LogP contribution in [-0.4, -0.2) is 25.9 Å². The molecule has 0 bridgehead atoms. The van der Waals surface area contributed by atoms with Gasteiger partial charge in [-0.2, -0.15) is 0 Å². The molecule has 3 aromatic carbocycles. The van der Waals surface area contributed by atoms with Crippen LogP contribution < -0.4 is 0 Å². The van der Waals surface area contributed by atoms with Crippen LogP contribution in [-0.2, 0) is 6.54 Å². The van der Waals surface area contributed by atoms with Crippen molar-refractivity contribution in [3.8, 4) is 5.75 Å². The fourth-order valence-electron chi connectivity index (χ4n) is 3.80. The van der Waals surface area contributed by atoms with Crippen molar-refractivity contribution in [2.45, 2.75) is 12.6 Å². The molecule has 28 heavy (non-hydrogen) atoms. The number of rotatable bonds is 3. The molecular formula is C22H16FN3O2. The molecule has 1 aliphatic heterocycles. The van der Waals surface area contributed by atoms with Gasteiger partial charge in [0.2, 0.25) is 0 Å². The fraction of sp³-hybridized carbons (Fsp3) is 0.0909. The predicted octanol–water partition coefficient (Wildman–Crippen LogP) is 4.15. The van der Waals surface area contributed by atoms with Crippen molar-refractivity contribution in [1.82, 2.24) is 14.9 Å².